The molecule has 0 aliphatic carbocycles. The van der Waals surface area contributed by atoms with Crippen molar-refractivity contribution in [1.82, 2.24) is 0 Å². The van der Waals surface area contributed by atoms with Crippen molar-refractivity contribution < 1.29 is 33.8 Å². The Morgan fingerprint density at radius 3 is 2.42 bits per heavy atom. The number of nitriles is 1. The van der Waals surface area contributed by atoms with Crippen LogP contribution < -0.4 is 19.5 Å². The van der Waals surface area contributed by atoms with Crippen molar-refractivity contribution in [1.29, 1.82) is 5.26 Å². The van der Waals surface area contributed by atoms with Crippen molar-refractivity contribution in [3.05, 3.63) is 57.6 Å². The van der Waals surface area contributed by atoms with E-state index in [9.17, 15) is 25.0 Å². The van der Waals surface area contributed by atoms with Gasteiger partial charge in [0, 0.05) is 12.1 Å². The van der Waals surface area contributed by atoms with E-state index in [0.29, 0.717) is 5.56 Å². The minimum Gasteiger partial charge on any atom is -0.495 e. The third-order valence-electron chi connectivity index (χ3n) is 3.86. The molecule has 0 saturated heterocycles. The monoisotopic (exact) mass is 427 g/mol. The molecule has 0 heterocycles. The van der Waals surface area contributed by atoms with Crippen molar-refractivity contribution in [2.45, 2.75) is 0 Å². The maximum absolute atomic E-state index is 12.5. The molecule has 0 aliphatic heterocycles. The number of non-ortho nitro benzene ring substituents is 1. The molecule has 0 aliphatic rings. The van der Waals surface area contributed by atoms with Crippen LogP contribution in [0.2, 0.25) is 0 Å². The van der Waals surface area contributed by atoms with E-state index < -0.39 is 23.4 Å². The summed E-state index contributed by atoms with van der Waals surface area (Å²) in [4.78, 5) is 33.5. The van der Waals surface area contributed by atoms with Gasteiger partial charge in [-0.1, -0.05) is 6.07 Å². The van der Waals surface area contributed by atoms with Crippen LogP contribution >= 0.6 is 0 Å². The second kappa shape index (κ2) is 10.3. The number of methoxy groups -OCH3 is 2. The summed E-state index contributed by atoms with van der Waals surface area (Å²) in [5.41, 5.74) is -0.134. The third kappa shape index (κ3) is 5.94. The molecule has 1 amide bonds. The number of carbonyl (C=O) groups excluding carboxylic acids is 1. The summed E-state index contributed by atoms with van der Waals surface area (Å²) < 4.78 is 15.3. The summed E-state index contributed by atoms with van der Waals surface area (Å²) >= 11 is 0. The summed E-state index contributed by atoms with van der Waals surface area (Å²) in [5, 5.41) is 31.5. The Kier molecular flexibility index (Phi) is 7.51. The number of ether oxygens (including phenoxy) is 3. The number of hydrogen-bond acceptors (Lipinski definition) is 8. The Morgan fingerprint density at radius 2 is 1.84 bits per heavy atom. The van der Waals surface area contributed by atoms with Crippen molar-refractivity contribution in [2.24, 2.45) is 0 Å². The van der Waals surface area contributed by atoms with Gasteiger partial charge in [-0.2, -0.15) is 5.26 Å². The molecule has 0 saturated carbocycles. The highest BCUT2D eigenvalue weighted by atomic mass is 16.6. The maximum Gasteiger partial charge on any atom is 0.341 e. The molecule has 0 spiro atoms. The molecule has 0 unspecified atom stereocenters. The second-order valence-corrected chi connectivity index (χ2v) is 5.86. The first kappa shape index (κ1) is 22.7. The number of hydrogen-bond donors (Lipinski definition) is 2. The van der Waals surface area contributed by atoms with Crippen LogP contribution in [0.25, 0.3) is 6.08 Å². The fourth-order valence-electron chi connectivity index (χ4n) is 2.44. The number of amides is 1. The van der Waals surface area contributed by atoms with Gasteiger partial charge < -0.3 is 24.6 Å². The first-order valence-corrected chi connectivity index (χ1v) is 8.57. The molecule has 0 atom stereocenters. The molecule has 2 rings (SSSR count). The van der Waals surface area contributed by atoms with Gasteiger partial charge in [0.1, 0.15) is 17.4 Å². The fourth-order valence-corrected chi connectivity index (χ4v) is 2.44. The number of rotatable bonds is 9. The van der Waals surface area contributed by atoms with E-state index >= 15 is 0 Å². The normalized spacial score (nSPS) is 10.5. The molecule has 2 aromatic carbocycles. The molecule has 2 N–H and O–H groups in total. The predicted octanol–water partition coefficient (Wildman–Crippen LogP) is 2.62. The van der Waals surface area contributed by atoms with E-state index in [-0.39, 0.29) is 34.2 Å². The molecule has 160 valence electrons. The minimum absolute atomic E-state index is 0.0258. The molecule has 2 aromatic rings. The number of carboxylic acid groups (broad SMARTS) is 1. The molecule has 31 heavy (non-hydrogen) atoms. The van der Waals surface area contributed by atoms with E-state index in [1.54, 1.807) is 6.07 Å². The Hall–Kier alpha value is -4.59. The van der Waals surface area contributed by atoms with E-state index in [0.717, 1.165) is 6.07 Å². The highest BCUT2D eigenvalue weighted by molar-refractivity contribution is 6.10. The van der Waals surface area contributed by atoms with E-state index in [2.05, 4.69) is 5.32 Å². The molecular weight excluding hydrogens is 410 g/mol. The summed E-state index contributed by atoms with van der Waals surface area (Å²) in [5.74, 6) is -1.42. The molecule has 11 heteroatoms. The number of anilines is 1. The van der Waals surface area contributed by atoms with E-state index in [1.807, 2.05) is 0 Å². The number of nitro groups is 1. The lowest BCUT2D eigenvalue weighted by Crippen LogP contribution is -2.14. The van der Waals surface area contributed by atoms with Crippen LogP contribution in [-0.4, -0.2) is 42.7 Å². The second-order valence-electron chi connectivity index (χ2n) is 5.86. The van der Waals surface area contributed by atoms with Crippen LogP contribution in [-0.2, 0) is 9.59 Å². The Balaban J connectivity index is 2.30. The van der Waals surface area contributed by atoms with Gasteiger partial charge in [0.25, 0.3) is 11.6 Å². The fraction of sp³-hybridized carbons (Fsp3) is 0.150. The molecular formula is C20H17N3O8. The van der Waals surface area contributed by atoms with Crippen LogP contribution in [0, 0.1) is 21.4 Å². The lowest BCUT2D eigenvalue weighted by atomic mass is 10.1. The van der Waals surface area contributed by atoms with E-state index in [4.69, 9.17) is 19.3 Å². The summed E-state index contributed by atoms with van der Waals surface area (Å²) in [7, 11) is 2.68. The van der Waals surface area contributed by atoms with Gasteiger partial charge in [0.15, 0.2) is 18.1 Å². The number of aliphatic carboxylic acids is 1. The van der Waals surface area contributed by atoms with Gasteiger partial charge in [-0.05, 0) is 29.8 Å². The molecule has 0 aromatic heterocycles. The average molecular weight is 427 g/mol. The quantitative estimate of drug-likeness (QED) is 0.265. The molecule has 0 bridgehead atoms. The van der Waals surface area contributed by atoms with Gasteiger partial charge in [-0.15, -0.1) is 0 Å². The lowest BCUT2D eigenvalue weighted by Gasteiger charge is -2.11. The van der Waals surface area contributed by atoms with E-state index in [1.165, 1.54) is 50.6 Å². The zero-order chi connectivity index (χ0) is 23.0. The number of carboxylic acids is 1. The number of nitro benzene ring substituents is 1. The van der Waals surface area contributed by atoms with Crippen LogP contribution in [0.15, 0.2) is 42.0 Å². The van der Waals surface area contributed by atoms with Crippen LogP contribution in [0.3, 0.4) is 0 Å². The van der Waals surface area contributed by atoms with Crippen LogP contribution in [0.1, 0.15) is 5.56 Å². The van der Waals surface area contributed by atoms with Crippen molar-refractivity contribution in [3.63, 3.8) is 0 Å². The highest BCUT2D eigenvalue weighted by Crippen LogP contribution is 2.30. The van der Waals surface area contributed by atoms with Gasteiger partial charge in [0.2, 0.25) is 0 Å². The van der Waals surface area contributed by atoms with Crippen molar-refractivity contribution >= 4 is 29.3 Å². The molecule has 0 radical (unpaired) electrons. The SMILES string of the molecule is COc1ccc([N+](=O)[O-])cc1NC(=O)/C(C#N)=C/c1ccc(OCC(=O)O)c(OC)c1. The number of benzene rings is 2. The minimum atomic E-state index is -1.16. The van der Waals surface area contributed by atoms with Crippen LogP contribution in [0.5, 0.6) is 17.2 Å². The smallest absolute Gasteiger partial charge is 0.341 e. The Bertz CT molecular complexity index is 1090. The zero-order valence-electron chi connectivity index (χ0n) is 16.4. The van der Waals surface area contributed by atoms with Crippen molar-refractivity contribution in [3.8, 4) is 23.3 Å². The Labute approximate surface area is 176 Å². The zero-order valence-corrected chi connectivity index (χ0v) is 16.4. The average Bonchev–Trinajstić information content (AvgIpc) is 2.75. The summed E-state index contributed by atoms with van der Waals surface area (Å²) in [6.07, 6.45) is 1.27. The third-order valence-corrected chi connectivity index (χ3v) is 3.86. The molecule has 11 nitrogen and oxygen atoms in total. The van der Waals surface area contributed by atoms with Gasteiger partial charge >= 0.3 is 5.97 Å². The van der Waals surface area contributed by atoms with Crippen molar-refractivity contribution in [2.75, 3.05) is 26.1 Å². The summed E-state index contributed by atoms with van der Waals surface area (Å²) in [6.45, 7) is -0.567. The Morgan fingerprint density at radius 1 is 1.16 bits per heavy atom. The first-order chi connectivity index (χ1) is 14.8. The van der Waals surface area contributed by atoms with Crippen LogP contribution in [0.4, 0.5) is 11.4 Å². The predicted molar refractivity (Wildman–Crippen MR) is 108 cm³/mol. The number of nitrogens with zero attached hydrogens (tertiary/aromatic N) is 2. The number of carbonyl (C=O) groups is 2. The maximum atomic E-state index is 12.5. The largest absolute Gasteiger partial charge is 0.495 e. The number of nitrogens with one attached hydrogen (secondary N) is 1. The topological polar surface area (TPSA) is 161 Å². The lowest BCUT2D eigenvalue weighted by molar-refractivity contribution is -0.384. The first-order valence-electron chi connectivity index (χ1n) is 8.57. The van der Waals surface area contributed by atoms with Gasteiger partial charge in [-0.3, -0.25) is 14.9 Å². The highest BCUT2D eigenvalue weighted by Gasteiger charge is 2.17. The molecule has 0 fully saturated rings. The standard InChI is InChI=1S/C20H17N3O8/c1-29-16-6-4-14(23(27)28)9-15(16)22-20(26)13(10-21)7-12-3-5-17(18(8-12)30-2)31-11-19(24)25/h3-9H,11H2,1-2H3,(H,22,26)(H,24,25)/b13-7+. The van der Waals surface area contributed by atoms with Gasteiger partial charge in [-0.25, -0.2) is 4.79 Å². The summed E-state index contributed by atoms with van der Waals surface area (Å²) in [6, 6.07) is 9.81. The van der Waals surface area contributed by atoms with Gasteiger partial charge in [0.05, 0.1) is 24.8 Å².